The lowest BCUT2D eigenvalue weighted by atomic mass is 9.87. The number of carboxylic acid groups (broad SMARTS) is 2. The predicted octanol–water partition coefficient (Wildman–Crippen LogP) is 0.181. The number of nitrogens with one attached hydrogen (secondary N) is 1. The number of rotatable bonds is 8. The molecule has 0 fully saturated rings. The summed E-state index contributed by atoms with van der Waals surface area (Å²) < 4.78 is 0. The van der Waals surface area contributed by atoms with Gasteiger partial charge in [0.05, 0.1) is 5.97 Å². The molecule has 0 bridgehead atoms. The Bertz CT molecular complexity index is 538. The van der Waals surface area contributed by atoms with Crippen LogP contribution in [0.5, 0.6) is 0 Å². The maximum atomic E-state index is 11.9. The molecule has 1 N–H and O–H groups in total. The number of hydrogen-bond acceptors (Lipinski definition) is 5. The molecule has 0 unspecified atom stereocenters. The maximum Gasteiger partial charge on any atom is 0.224 e. The molecule has 22 heavy (non-hydrogen) atoms. The summed E-state index contributed by atoms with van der Waals surface area (Å²) in [5, 5.41) is 24.3. The highest BCUT2D eigenvalue weighted by Crippen LogP contribution is 2.21. The van der Waals surface area contributed by atoms with E-state index < -0.39 is 17.9 Å². The first-order valence-corrected chi connectivity index (χ1v) is 7.17. The second kappa shape index (κ2) is 8.17. The highest BCUT2D eigenvalue weighted by molar-refractivity contribution is 5.92. The van der Waals surface area contributed by atoms with E-state index in [-0.39, 0.29) is 23.8 Å². The first-order valence-electron chi connectivity index (χ1n) is 7.17. The monoisotopic (exact) mass is 305 g/mol. The number of amides is 1. The number of aliphatic carboxylic acids is 1. The molecule has 0 spiro atoms. The normalized spacial score (nSPS) is 13.2. The number of aromatic carboxylic acids is 1. The Hall–Kier alpha value is -2.37. The van der Waals surface area contributed by atoms with Gasteiger partial charge in [-0.2, -0.15) is 0 Å². The summed E-state index contributed by atoms with van der Waals surface area (Å²) in [6.45, 7) is 3.58. The van der Waals surface area contributed by atoms with Gasteiger partial charge in [-0.3, -0.25) is 4.79 Å². The highest BCUT2D eigenvalue weighted by Gasteiger charge is 2.20. The maximum absolute atomic E-state index is 11.9. The van der Waals surface area contributed by atoms with Crippen LogP contribution in [0.2, 0.25) is 0 Å². The number of anilines is 1. The largest absolute Gasteiger partial charge is 0.550 e. The van der Waals surface area contributed by atoms with Gasteiger partial charge in [0.25, 0.3) is 0 Å². The van der Waals surface area contributed by atoms with E-state index in [1.807, 2.05) is 6.92 Å². The van der Waals surface area contributed by atoms with Gasteiger partial charge in [0.2, 0.25) is 5.91 Å². The summed E-state index contributed by atoms with van der Waals surface area (Å²) in [6.07, 6.45) is 1.23. The SMILES string of the molecule is CCC[C@H](C(=O)[O-])[C@@H](C)CC(=O)Nc1ccc(C(=O)[O-])cc1. The molecular weight excluding hydrogens is 286 g/mol. The van der Waals surface area contributed by atoms with E-state index in [2.05, 4.69) is 5.32 Å². The first-order chi connectivity index (χ1) is 10.3. The van der Waals surface area contributed by atoms with Crippen LogP contribution in [0.25, 0.3) is 0 Å². The molecule has 0 radical (unpaired) electrons. The van der Waals surface area contributed by atoms with Gasteiger partial charge in [-0.15, -0.1) is 0 Å². The fraction of sp³-hybridized carbons (Fsp3) is 0.438. The number of benzene rings is 1. The molecule has 0 saturated heterocycles. The zero-order valence-corrected chi connectivity index (χ0v) is 12.6. The first kappa shape index (κ1) is 17.7. The average Bonchev–Trinajstić information content (AvgIpc) is 2.44. The molecule has 0 aliphatic rings. The molecule has 1 aromatic carbocycles. The number of carbonyl (C=O) groups is 3. The lowest BCUT2D eigenvalue weighted by Crippen LogP contribution is -2.36. The van der Waals surface area contributed by atoms with Crippen LogP contribution in [0.4, 0.5) is 5.69 Å². The van der Waals surface area contributed by atoms with Crippen molar-refractivity contribution < 1.29 is 24.6 Å². The summed E-state index contributed by atoms with van der Waals surface area (Å²) in [4.78, 5) is 33.6. The van der Waals surface area contributed by atoms with E-state index in [0.717, 1.165) is 0 Å². The van der Waals surface area contributed by atoms with Crippen LogP contribution in [-0.2, 0) is 9.59 Å². The predicted molar refractivity (Wildman–Crippen MR) is 76.6 cm³/mol. The Labute approximate surface area is 129 Å². The van der Waals surface area contributed by atoms with Gasteiger partial charge in [-0.25, -0.2) is 0 Å². The molecule has 1 rings (SSSR count). The fourth-order valence-electron chi connectivity index (χ4n) is 2.28. The van der Waals surface area contributed by atoms with Gasteiger partial charge in [0, 0.05) is 24.0 Å². The molecule has 1 aromatic rings. The van der Waals surface area contributed by atoms with Crippen molar-refractivity contribution in [2.45, 2.75) is 33.1 Å². The lowest BCUT2D eigenvalue weighted by Gasteiger charge is -2.24. The molecule has 6 heteroatoms. The van der Waals surface area contributed by atoms with Gasteiger partial charge < -0.3 is 25.1 Å². The van der Waals surface area contributed by atoms with Crippen molar-refractivity contribution in [3.05, 3.63) is 29.8 Å². The van der Waals surface area contributed by atoms with Crippen LogP contribution in [0.1, 0.15) is 43.5 Å². The van der Waals surface area contributed by atoms with Crippen molar-refractivity contribution in [3.8, 4) is 0 Å². The minimum Gasteiger partial charge on any atom is -0.550 e. The van der Waals surface area contributed by atoms with E-state index in [1.165, 1.54) is 24.3 Å². The van der Waals surface area contributed by atoms with E-state index in [4.69, 9.17) is 0 Å². The second-order valence-electron chi connectivity index (χ2n) is 5.31. The number of carboxylic acids is 2. The molecule has 0 aliphatic carbocycles. The molecule has 0 saturated carbocycles. The zero-order valence-electron chi connectivity index (χ0n) is 12.6. The Morgan fingerprint density at radius 1 is 1.14 bits per heavy atom. The smallest absolute Gasteiger partial charge is 0.224 e. The molecule has 1 amide bonds. The van der Waals surface area contributed by atoms with E-state index in [1.54, 1.807) is 6.92 Å². The van der Waals surface area contributed by atoms with Crippen molar-refractivity contribution in [2.75, 3.05) is 5.32 Å². The second-order valence-corrected chi connectivity index (χ2v) is 5.31. The van der Waals surface area contributed by atoms with Crippen molar-refractivity contribution in [1.29, 1.82) is 0 Å². The average molecular weight is 305 g/mol. The third kappa shape index (κ3) is 5.20. The molecule has 0 aromatic heterocycles. The van der Waals surface area contributed by atoms with Gasteiger partial charge in [0.1, 0.15) is 0 Å². The third-order valence-corrected chi connectivity index (χ3v) is 3.50. The minimum absolute atomic E-state index is 0.0197. The standard InChI is InChI=1S/C16H21NO5/c1-3-4-13(16(21)22)10(2)9-14(18)17-12-7-5-11(6-8-12)15(19)20/h5-8,10,13H,3-4,9H2,1-2H3,(H,17,18)(H,19,20)(H,21,22)/p-2/t10-,13-/m0/s1. The number of carbonyl (C=O) groups excluding carboxylic acids is 3. The molecule has 120 valence electrons. The Balaban J connectivity index is 2.61. The summed E-state index contributed by atoms with van der Waals surface area (Å²) >= 11 is 0. The van der Waals surface area contributed by atoms with Crippen LogP contribution in [-0.4, -0.2) is 17.8 Å². The number of hydrogen-bond donors (Lipinski definition) is 1. The lowest BCUT2D eigenvalue weighted by molar-refractivity contribution is -0.313. The fourth-order valence-corrected chi connectivity index (χ4v) is 2.28. The minimum atomic E-state index is -1.29. The van der Waals surface area contributed by atoms with Crippen LogP contribution in [0.15, 0.2) is 24.3 Å². The molecular formula is C16H19NO5-2. The molecule has 0 heterocycles. The van der Waals surface area contributed by atoms with E-state index in [0.29, 0.717) is 18.5 Å². The topological polar surface area (TPSA) is 109 Å². The molecule has 6 nitrogen and oxygen atoms in total. The van der Waals surface area contributed by atoms with Gasteiger partial charge in [-0.1, -0.05) is 32.4 Å². The van der Waals surface area contributed by atoms with E-state index in [9.17, 15) is 24.6 Å². The van der Waals surface area contributed by atoms with Crippen molar-refractivity contribution in [1.82, 2.24) is 0 Å². The Morgan fingerprint density at radius 3 is 2.18 bits per heavy atom. The van der Waals surface area contributed by atoms with Gasteiger partial charge >= 0.3 is 0 Å². The van der Waals surface area contributed by atoms with Crippen LogP contribution >= 0.6 is 0 Å². The zero-order chi connectivity index (χ0) is 16.7. The third-order valence-electron chi connectivity index (χ3n) is 3.50. The summed E-state index contributed by atoms with van der Waals surface area (Å²) in [5.74, 6) is -3.75. The Morgan fingerprint density at radius 2 is 1.73 bits per heavy atom. The van der Waals surface area contributed by atoms with Crippen LogP contribution < -0.4 is 15.5 Å². The van der Waals surface area contributed by atoms with Gasteiger partial charge in [-0.05, 0) is 30.0 Å². The molecule has 0 aliphatic heterocycles. The van der Waals surface area contributed by atoms with Gasteiger partial charge in [0.15, 0.2) is 0 Å². The summed E-state index contributed by atoms with van der Waals surface area (Å²) in [5.41, 5.74) is 0.467. The van der Waals surface area contributed by atoms with Crippen LogP contribution in [0.3, 0.4) is 0 Å². The highest BCUT2D eigenvalue weighted by atomic mass is 16.4. The van der Waals surface area contributed by atoms with Crippen molar-refractivity contribution in [2.24, 2.45) is 11.8 Å². The molecule has 2 atom stereocenters. The summed E-state index contributed by atoms with van der Waals surface area (Å²) in [6, 6.07) is 5.57. The van der Waals surface area contributed by atoms with Crippen LogP contribution in [0, 0.1) is 11.8 Å². The quantitative estimate of drug-likeness (QED) is 0.737. The Kier molecular flexibility index (Phi) is 6.56. The van der Waals surface area contributed by atoms with Crippen molar-refractivity contribution in [3.63, 3.8) is 0 Å². The summed E-state index contributed by atoms with van der Waals surface area (Å²) in [7, 11) is 0. The van der Waals surface area contributed by atoms with Crippen molar-refractivity contribution >= 4 is 23.5 Å². The van der Waals surface area contributed by atoms with E-state index >= 15 is 0 Å².